The summed E-state index contributed by atoms with van der Waals surface area (Å²) >= 11 is 5.96. The zero-order chi connectivity index (χ0) is 28.2. The number of piperidine rings is 1. The van der Waals surface area contributed by atoms with Gasteiger partial charge in [0.25, 0.3) is 0 Å². The molecular weight excluding hydrogens is 543 g/mol. The van der Waals surface area contributed by atoms with Gasteiger partial charge in [0, 0.05) is 36.8 Å². The van der Waals surface area contributed by atoms with E-state index in [1.807, 2.05) is 24.3 Å². The van der Waals surface area contributed by atoms with Crippen LogP contribution in [0.3, 0.4) is 0 Å². The van der Waals surface area contributed by atoms with Crippen LogP contribution in [0, 0.1) is 0 Å². The van der Waals surface area contributed by atoms with Gasteiger partial charge in [0.05, 0.1) is 17.8 Å². The number of phenolic OH excluding ortho intramolecular Hbond substituents is 1. The second-order valence-corrected chi connectivity index (χ2v) is 10.1. The average Bonchev–Trinajstić information content (AvgIpc) is 3.25. The number of hydrogen-bond acceptors (Lipinski definition) is 9. The first-order valence-electron chi connectivity index (χ1n) is 12.4. The second-order valence-electron chi connectivity index (χ2n) is 9.62. The van der Waals surface area contributed by atoms with E-state index in [0.29, 0.717) is 11.6 Å². The van der Waals surface area contributed by atoms with Gasteiger partial charge >= 0.3 is 18.1 Å². The van der Waals surface area contributed by atoms with Crippen molar-refractivity contribution in [2.75, 3.05) is 37.7 Å². The first kappa shape index (κ1) is 28.9. The number of hydrogen-bond donors (Lipinski definition) is 3. The van der Waals surface area contributed by atoms with Gasteiger partial charge in [-0.1, -0.05) is 23.7 Å². The van der Waals surface area contributed by atoms with Gasteiger partial charge in [-0.25, -0.2) is 9.59 Å². The first-order chi connectivity index (χ1) is 18.5. The highest BCUT2D eigenvalue weighted by molar-refractivity contribution is 6.30. The molecule has 2 fully saturated rings. The minimum absolute atomic E-state index is 0.0604. The largest absolute Gasteiger partial charge is 0.506 e. The number of benzene rings is 2. The number of anilines is 1. The highest BCUT2D eigenvalue weighted by Crippen LogP contribution is 2.34. The summed E-state index contributed by atoms with van der Waals surface area (Å²) in [5.74, 6) is -3.90. The van der Waals surface area contributed by atoms with Crippen LogP contribution in [0.2, 0.25) is 5.02 Å². The van der Waals surface area contributed by atoms with Gasteiger partial charge in [-0.15, -0.1) is 0 Å². The number of phenols is 1. The number of ether oxygens (including phenoxy) is 2. The summed E-state index contributed by atoms with van der Waals surface area (Å²) in [5, 5.41) is 25.3. The lowest BCUT2D eigenvalue weighted by molar-refractivity contribution is -0.200. The Kier molecular flexibility index (Phi) is 9.21. The summed E-state index contributed by atoms with van der Waals surface area (Å²) in [6.07, 6.45) is -4.12. The summed E-state index contributed by atoms with van der Waals surface area (Å²) in [6.45, 7) is 2.01. The third-order valence-electron chi connectivity index (χ3n) is 6.72. The van der Waals surface area contributed by atoms with Crippen LogP contribution in [0.15, 0.2) is 42.5 Å². The zero-order valence-corrected chi connectivity index (χ0v) is 21.6. The molecule has 3 N–H and O–H groups in total. The van der Waals surface area contributed by atoms with Crippen LogP contribution in [0.1, 0.15) is 18.4 Å². The fraction of sp³-hybridized carbons (Fsp3) is 0.462. The number of carbonyl (C=O) groups is 2. The van der Waals surface area contributed by atoms with E-state index in [0.717, 1.165) is 32.5 Å². The average molecular weight is 572 g/mol. The van der Waals surface area contributed by atoms with Gasteiger partial charge in [-0.3, -0.25) is 4.90 Å². The quantitative estimate of drug-likeness (QED) is 0.325. The molecule has 0 aromatic heterocycles. The minimum Gasteiger partial charge on any atom is -0.506 e. The summed E-state index contributed by atoms with van der Waals surface area (Å²) in [6, 6.07) is 11.6. The van der Waals surface area contributed by atoms with E-state index in [9.17, 15) is 33.0 Å². The van der Waals surface area contributed by atoms with Crippen LogP contribution in [0.25, 0.3) is 0 Å². The van der Waals surface area contributed by atoms with Crippen molar-refractivity contribution >= 4 is 29.2 Å². The number of esters is 2. The number of β-amino-alcohol motifs (C(OH)–C–C–N with tert-alkyl or cyclic N) is 1. The molecule has 2 aliphatic rings. The number of aromatic hydroxyl groups is 1. The van der Waals surface area contributed by atoms with Crippen molar-refractivity contribution in [2.24, 2.45) is 0 Å². The highest BCUT2D eigenvalue weighted by atomic mass is 35.5. The molecule has 2 heterocycles. The van der Waals surface area contributed by atoms with E-state index in [1.165, 1.54) is 23.8 Å². The lowest BCUT2D eigenvalue weighted by Crippen LogP contribution is -2.49. The molecule has 4 rings (SSSR count). The molecule has 2 saturated heterocycles. The molecule has 0 spiro atoms. The van der Waals surface area contributed by atoms with Gasteiger partial charge in [-0.05, 0) is 55.8 Å². The number of likely N-dealkylation sites (tertiary alicyclic amines) is 1. The summed E-state index contributed by atoms with van der Waals surface area (Å²) in [5.41, 5.74) is 1.48. The smallest absolute Gasteiger partial charge is 0.490 e. The van der Waals surface area contributed by atoms with E-state index in [-0.39, 0.29) is 35.8 Å². The van der Waals surface area contributed by atoms with E-state index in [1.54, 1.807) is 4.90 Å². The molecule has 2 unspecified atom stereocenters. The van der Waals surface area contributed by atoms with Gasteiger partial charge in [-0.2, -0.15) is 13.2 Å². The lowest BCUT2D eigenvalue weighted by Gasteiger charge is -2.34. The second kappa shape index (κ2) is 12.4. The maximum Gasteiger partial charge on any atom is 0.490 e. The number of aliphatic hydroxyl groups excluding tert-OH is 1. The van der Waals surface area contributed by atoms with Crippen LogP contribution in [0.4, 0.5) is 18.9 Å². The van der Waals surface area contributed by atoms with E-state index in [4.69, 9.17) is 16.3 Å². The number of aliphatic hydroxyl groups is 1. The van der Waals surface area contributed by atoms with Crippen molar-refractivity contribution in [1.82, 2.24) is 10.2 Å². The third-order valence-corrected chi connectivity index (χ3v) is 6.97. The van der Waals surface area contributed by atoms with Crippen LogP contribution in [-0.4, -0.2) is 84.2 Å². The Balaban J connectivity index is 1.27. The van der Waals surface area contributed by atoms with Crippen molar-refractivity contribution in [3.8, 4) is 11.5 Å². The van der Waals surface area contributed by atoms with Crippen molar-refractivity contribution in [3.05, 3.63) is 53.1 Å². The van der Waals surface area contributed by atoms with Crippen molar-refractivity contribution in [3.63, 3.8) is 0 Å². The van der Waals surface area contributed by atoms with E-state index < -0.39 is 30.8 Å². The Hall–Kier alpha value is -3.06. The number of rotatable bonds is 8. The fourth-order valence-electron chi connectivity index (χ4n) is 4.74. The zero-order valence-electron chi connectivity index (χ0n) is 20.9. The molecule has 2 aromatic rings. The van der Waals surface area contributed by atoms with Crippen LogP contribution in [0.5, 0.6) is 11.5 Å². The molecule has 2 atom stereocenters. The Morgan fingerprint density at radius 2 is 1.77 bits per heavy atom. The van der Waals surface area contributed by atoms with E-state index >= 15 is 0 Å². The van der Waals surface area contributed by atoms with Crippen LogP contribution < -0.4 is 15.0 Å². The normalized spacial score (nSPS) is 20.7. The topological polar surface area (TPSA) is 112 Å². The maximum atomic E-state index is 12.2. The number of carbonyl (C=O) groups excluding carboxylic acids is 2. The standard InChI is InChI=1S/C26H29ClF3N3O6/c27-17-3-1-16(2-4-17)12-32-9-7-18(8-10-32)31-20-13-33(14-23(20)35)21-11-19(5-6-22(21)34)39-24(36)15-38-25(37)26(28,29)30/h1-6,11,18,20,23,31,34-35H,7-10,12-15H2. The minimum atomic E-state index is -5.22. The molecule has 13 heteroatoms. The Bertz CT molecular complexity index is 1160. The van der Waals surface area contributed by atoms with Gasteiger partial charge in [0.15, 0.2) is 6.61 Å². The predicted molar refractivity (Wildman–Crippen MR) is 136 cm³/mol. The van der Waals surface area contributed by atoms with Crippen LogP contribution in [-0.2, 0) is 20.9 Å². The van der Waals surface area contributed by atoms with Crippen molar-refractivity contribution < 1.29 is 42.4 Å². The Morgan fingerprint density at radius 1 is 1.08 bits per heavy atom. The van der Waals surface area contributed by atoms with Crippen LogP contribution >= 0.6 is 11.6 Å². The number of alkyl halides is 3. The molecule has 39 heavy (non-hydrogen) atoms. The Labute approximate surface area is 228 Å². The predicted octanol–water partition coefficient (Wildman–Crippen LogP) is 2.86. The van der Waals surface area contributed by atoms with Gasteiger partial charge in [0.2, 0.25) is 0 Å². The summed E-state index contributed by atoms with van der Waals surface area (Å²) in [4.78, 5) is 26.7. The summed E-state index contributed by atoms with van der Waals surface area (Å²) in [7, 11) is 0. The SMILES string of the molecule is O=C(COC(=O)C(F)(F)F)Oc1ccc(O)c(N2CC(O)C(NC3CCN(Cc4ccc(Cl)cc4)CC3)C2)c1. The maximum absolute atomic E-state index is 12.2. The van der Waals surface area contributed by atoms with Crippen molar-refractivity contribution in [1.29, 1.82) is 0 Å². The van der Waals surface area contributed by atoms with Gasteiger partial charge in [0.1, 0.15) is 11.5 Å². The molecule has 9 nitrogen and oxygen atoms in total. The molecule has 2 aliphatic heterocycles. The third kappa shape index (κ3) is 7.98. The number of halogens is 4. The number of nitrogens with zero attached hydrogens (tertiary/aromatic N) is 2. The molecule has 0 radical (unpaired) electrons. The molecule has 0 saturated carbocycles. The van der Waals surface area contributed by atoms with Gasteiger partial charge < -0.3 is 29.9 Å². The summed E-state index contributed by atoms with van der Waals surface area (Å²) < 4.78 is 45.5. The van der Waals surface area contributed by atoms with Crippen molar-refractivity contribution in [2.45, 2.75) is 43.8 Å². The Morgan fingerprint density at radius 3 is 2.44 bits per heavy atom. The molecular formula is C26H29ClF3N3O6. The molecule has 0 amide bonds. The molecule has 0 aliphatic carbocycles. The molecule has 212 valence electrons. The first-order valence-corrected chi connectivity index (χ1v) is 12.8. The van der Waals surface area contributed by atoms with E-state index in [2.05, 4.69) is 15.0 Å². The highest BCUT2D eigenvalue weighted by Gasteiger charge is 2.41. The monoisotopic (exact) mass is 571 g/mol. The number of nitrogens with one attached hydrogen (secondary N) is 1. The molecule has 0 bridgehead atoms. The lowest BCUT2D eigenvalue weighted by atomic mass is 10.0. The fourth-order valence-corrected chi connectivity index (χ4v) is 4.87. The molecule has 2 aromatic carbocycles.